The van der Waals surface area contributed by atoms with Crippen molar-refractivity contribution in [2.24, 2.45) is 0 Å². The van der Waals surface area contributed by atoms with Crippen LogP contribution in [0.1, 0.15) is 16.8 Å². The molecule has 2 amide bonds. The average molecular weight is 317 g/mol. The fourth-order valence-corrected chi connectivity index (χ4v) is 3.00. The summed E-state index contributed by atoms with van der Waals surface area (Å²) in [5, 5.41) is 3.23. The second-order valence-corrected chi connectivity index (χ2v) is 5.94. The van der Waals surface area contributed by atoms with E-state index in [1.165, 1.54) is 0 Å². The highest BCUT2D eigenvalue weighted by Crippen LogP contribution is 2.11. The molecule has 1 N–H and O–H groups in total. The molecule has 1 aromatic carbocycles. The highest BCUT2D eigenvalue weighted by molar-refractivity contribution is 5.94. The third-order valence-corrected chi connectivity index (χ3v) is 4.35. The van der Waals surface area contributed by atoms with Crippen molar-refractivity contribution in [2.45, 2.75) is 12.5 Å². The molecule has 0 unspecified atom stereocenters. The monoisotopic (exact) mass is 317 g/mol. The molecule has 2 aliphatic heterocycles. The van der Waals surface area contributed by atoms with Crippen LogP contribution in [0, 0.1) is 0 Å². The SMILES string of the molecule is O=C(C[C@@H]1CNCCO1)N1CCN(C(=O)c2ccccc2)CC1. The molecule has 2 heterocycles. The smallest absolute Gasteiger partial charge is 0.253 e. The van der Waals surface area contributed by atoms with Crippen LogP contribution in [0.15, 0.2) is 30.3 Å². The summed E-state index contributed by atoms with van der Waals surface area (Å²) in [5.41, 5.74) is 0.703. The second-order valence-electron chi connectivity index (χ2n) is 5.94. The first-order valence-electron chi connectivity index (χ1n) is 8.18. The topological polar surface area (TPSA) is 61.9 Å². The summed E-state index contributed by atoms with van der Waals surface area (Å²) in [6.07, 6.45) is 0.389. The second kappa shape index (κ2) is 7.57. The zero-order valence-corrected chi connectivity index (χ0v) is 13.2. The van der Waals surface area contributed by atoms with E-state index >= 15 is 0 Å². The van der Waals surface area contributed by atoms with Crippen molar-refractivity contribution in [1.29, 1.82) is 0 Å². The molecule has 6 nitrogen and oxygen atoms in total. The first-order chi connectivity index (χ1) is 11.2. The normalized spacial score (nSPS) is 22.0. The Morgan fingerprint density at radius 3 is 2.43 bits per heavy atom. The molecule has 2 fully saturated rings. The lowest BCUT2D eigenvalue weighted by molar-refractivity contribution is -0.136. The molecule has 1 atom stereocenters. The van der Waals surface area contributed by atoms with Gasteiger partial charge in [0.1, 0.15) is 0 Å². The van der Waals surface area contributed by atoms with E-state index in [1.54, 1.807) is 0 Å². The van der Waals surface area contributed by atoms with Crippen molar-refractivity contribution in [3.05, 3.63) is 35.9 Å². The first-order valence-corrected chi connectivity index (χ1v) is 8.18. The number of hydrogen-bond donors (Lipinski definition) is 1. The Labute approximate surface area is 136 Å². The van der Waals surface area contributed by atoms with Crippen LogP contribution in [-0.4, -0.2) is 73.6 Å². The molecule has 0 radical (unpaired) electrons. The number of hydrogen-bond acceptors (Lipinski definition) is 4. The molecule has 2 saturated heterocycles. The van der Waals surface area contributed by atoms with Gasteiger partial charge in [0, 0.05) is 44.8 Å². The van der Waals surface area contributed by atoms with Gasteiger partial charge in [-0.1, -0.05) is 18.2 Å². The van der Waals surface area contributed by atoms with E-state index < -0.39 is 0 Å². The predicted octanol–water partition coefficient (Wildman–Crippen LogP) is 0.350. The molecule has 0 aromatic heterocycles. The molecule has 124 valence electrons. The summed E-state index contributed by atoms with van der Waals surface area (Å²) in [6.45, 7) is 4.61. The fraction of sp³-hybridized carbons (Fsp3) is 0.529. The lowest BCUT2D eigenvalue weighted by Gasteiger charge is -2.35. The van der Waals surface area contributed by atoms with Crippen molar-refractivity contribution < 1.29 is 14.3 Å². The number of rotatable bonds is 3. The number of nitrogens with zero attached hydrogens (tertiary/aromatic N) is 2. The van der Waals surface area contributed by atoms with Crippen LogP contribution in [0.5, 0.6) is 0 Å². The molecule has 1 aromatic rings. The van der Waals surface area contributed by atoms with Gasteiger partial charge in [-0.15, -0.1) is 0 Å². The largest absolute Gasteiger partial charge is 0.375 e. The minimum atomic E-state index is -0.0276. The van der Waals surface area contributed by atoms with Crippen LogP contribution in [0.4, 0.5) is 0 Å². The molecule has 6 heteroatoms. The van der Waals surface area contributed by atoms with E-state index in [0.717, 1.165) is 13.1 Å². The number of morpholine rings is 1. The summed E-state index contributed by atoms with van der Waals surface area (Å²) < 4.78 is 5.58. The number of amides is 2. The van der Waals surface area contributed by atoms with Crippen LogP contribution in [0.2, 0.25) is 0 Å². The first kappa shape index (κ1) is 16.0. The number of carbonyl (C=O) groups excluding carboxylic acids is 2. The maximum absolute atomic E-state index is 12.4. The summed E-state index contributed by atoms with van der Waals surface area (Å²) in [6, 6.07) is 9.28. The third kappa shape index (κ3) is 4.09. The highest BCUT2D eigenvalue weighted by atomic mass is 16.5. The standard InChI is InChI=1S/C17H23N3O3/c21-16(12-15-13-18-6-11-23-15)19-7-9-20(10-8-19)17(22)14-4-2-1-3-5-14/h1-5,15,18H,6-13H2/t15-/m1/s1. The Morgan fingerprint density at radius 2 is 1.78 bits per heavy atom. The van der Waals surface area contributed by atoms with Crippen molar-refractivity contribution in [1.82, 2.24) is 15.1 Å². The maximum atomic E-state index is 12.4. The lowest BCUT2D eigenvalue weighted by Crippen LogP contribution is -2.51. The number of piperazine rings is 1. The van der Waals surface area contributed by atoms with E-state index in [0.29, 0.717) is 44.8 Å². The molecule has 0 saturated carbocycles. The van der Waals surface area contributed by atoms with Gasteiger partial charge < -0.3 is 19.9 Å². The fourth-order valence-electron chi connectivity index (χ4n) is 3.00. The summed E-state index contributed by atoms with van der Waals surface area (Å²) in [7, 11) is 0. The molecular weight excluding hydrogens is 294 g/mol. The Kier molecular flexibility index (Phi) is 5.25. The number of ether oxygens (including phenoxy) is 1. The molecule has 0 aliphatic carbocycles. The predicted molar refractivity (Wildman–Crippen MR) is 86.2 cm³/mol. The number of benzene rings is 1. The van der Waals surface area contributed by atoms with Crippen LogP contribution in [0.3, 0.4) is 0 Å². The van der Waals surface area contributed by atoms with Gasteiger partial charge in [-0.3, -0.25) is 9.59 Å². The molecule has 3 rings (SSSR count). The van der Waals surface area contributed by atoms with Crippen LogP contribution < -0.4 is 5.32 Å². The van der Waals surface area contributed by atoms with E-state index in [1.807, 2.05) is 40.1 Å². The third-order valence-electron chi connectivity index (χ3n) is 4.35. The molecular formula is C17H23N3O3. The van der Waals surface area contributed by atoms with Gasteiger partial charge in [-0.25, -0.2) is 0 Å². The van der Waals surface area contributed by atoms with Gasteiger partial charge in [0.05, 0.1) is 19.1 Å². The van der Waals surface area contributed by atoms with Gasteiger partial charge in [0.2, 0.25) is 5.91 Å². The summed E-state index contributed by atoms with van der Waals surface area (Å²) in [4.78, 5) is 28.4. The quantitative estimate of drug-likeness (QED) is 0.874. The Hall–Kier alpha value is -1.92. The van der Waals surface area contributed by atoms with Gasteiger partial charge >= 0.3 is 0 Å². The highest BCUT2D eigenvalue weighted by Gasteiger charge is 2.27. The molecule has 0 bridgehead atoms. The Bertz CT molecular complexity index is 535. The average Bonchev–Trinajstić information content (AvgIpc) is 2.63. The Balaban J connectivity index is 1.48. The van der Waals surface area contributed by atoms with Gasteiger partial charge in [-0.2, -0.15) is 0 Å². The van der Waals surface area contributed by atoms with Gasteiger partial charge in [0.15, 0.2) is 0 Å². The Morgan fingerprint density at radius 1 is 1.09 bits per heavy atom. The van der Waals surface area contributed by atoms with E-state index in [4.69, 9.17) is 4.74 Å². The minimum absolute atomic E-state index is 0.0276. The zero-order valence-electron chi connectivity index (χ0n) is 13.2. The zero-order chi connectivity index (χ0) is 16.1. The van der Waals surface area contributed by atoms with Crippen molar-refractivity contribution in [3.8, 4) is 0 Å². The molecule has 0 spiro atoms. The van der Waals surface area contributed by atoms with Crippen molar-refractivity contribution in [2.75, 3.05) is 45.9 Å². The lowest BCUT2D eigenvalue weighted by atomic mass is 10.1. The summed E-state index contributed by atoms with van der Waals surface area (Å²) >= 11 is 0. The summed E-state index contributed by atoms with van der Waals surface area (Å²) in [5.74, 6) is 0.156. The molecule has 23 heavy (non-hydrogen) atoms. The number of nitrogens with one attached hydrogen (secondary N) is 1. The molecule has 2 aliphatic rings. The van der Waals surface area contributed by atoms with Crippen LogP contribution in [-0.2, 0) is 9.53 Å². The van der Waals surface area contributed by atoms with Crippen molar-refractivity contribution >= 4 is 11.8 Å². The van der Waals surface area contributed by atoms with Gasteiger partial charge in [-0.05, 0) is 12.1 Å². The van der Waals surface area contributed by atoms with Crippen LogP contribution >= 0.6 is 0 Å². The number of carbonyl (C=O) groups is 2. The maximum Gasteiger partial charge on any atom is 0.253 e. The van der Waals surface area contributed by atoms with E-state index in [9.17, 15) is 9.59 Å². The van der Waals surface area contributed by atoms with Crippen molar-refractivity contribution in [3.63, 3.8) is 0 Å². The van der Waals surface area contributed by atoms with E-state index in [2.05, 4.69) is 5.32 Å². The van der Waals surface area contributed by atoms with Crippen LogP contribution in [0.25, 0.3) is 0 Å². The van der Waals surface area contributed by atoms with Gasteiger partial charge in [0.25, 0.3) is 5.91 Å². The minimum Gasteiger partial charge on any atom is -0.375 e. The van der Waals surface area contributed by atoms with E-state index in [-0.39, 0.29) is 17.9 Å².